The van der Waals surface area contributed by atoms with Crippen molar-refractivity contribution >= 4 is 15.9 Å². The Hall–Kier alpha value is -0.620. The van der Waals surface area contributed by atoms with E-state index in [1.807, 2.05) is 18.2 Å². The molecule has 0 aliphatic heterocycles. The van der Waals surface area contributed by atoms with Crippen molar-refractivity contribution in [2.45, 2.75) is 6.04 Å². The molecule has 0 spiro atoms. The molecule has 3 N–H and O–H groups in total. The molecule has 1 aromatic rings. The number of methoxy groups -OCH3 is 1. The molecule has 0 heterocycles. The predicted molar refractivity (Wildman–Crippen MR) is 65.6 cm³/mol. The van der Waals surface area contributed by atoms with Crippen molar-refractivity contribution in [2.75, 3.05) is 26.9 Å². The first-order chi connectivity index (χ1) is 7.72. The van der Waals surface area contributed by atoms with Gasteiger partial charge in [-0.3, -0.25) is 0 Å². The standard InChI is InChI=1S/C11H16BrNO3/c1-16-11-3-2-8(12)6-9(11)10(7-15)13-4-5-14/h2-3,6,10,13-15H,4-5,7H2,1H3/t10-/m1/s1. The molecule has 0 radical (unpaired) electrons. The van der Waals surface area contributed by atoms with Crippen molar-refractivity contribution in [1.82, 2.24) is 5.32 Å². The molecule has 5 heteroatoms. The predicted octanol–water partition coefficient (Wildman–Crippen LogP) is 1.07. The van der Waals surface area contributed by atoms with E-state index in [-0.39, 0.29) is 19.3 Å². The molecule has 0 bridgehead atoms. The van der Waals surface area contributed by atoms with E-state index in [1.54, 1.807) is 7.11 Å². The number of benzene rings is 1. The van der Waals surface area contributed by atoms with Gasteiger partial charge >= 0.3 is 0 Å². The molecule has 16 heavy (non-hydrogen) atoms. The van der Waals surface area contributed by atoms with Gasteiger partial charge in [0.15, 0.2) is 0 Å². The van der Waals surface area contributed by atoms with Crippen LogP contribution in [0.4, 0.5) is 0 Å². The Morgan fingerprint density at radius 1 is 1.44 bits per heavy atom. The molecule has 1 atom stereocenters. The molecule has 1 rings (SSSR count). The first-order valence-electron chi connectivity index (χ1n) is 5.01. The van der Waals surface area contributed by atoms with Crippen LogP contribution in [0.15, 0.2) is 22.7 Å². The van der Waals surface area contributed by atoms with Crippen LogP contribution in [0.25, 0.3) is 0 Å². The van der Waals surface area contributed by atoms with Gasteiger partial charge in [-0.25, -0.2) is 0 Å². The molecule has 0 saturated carbocycles. The molecule has 0 aliphatic carbocycles. The number of hydrogen-bond acceptors (Lipinski definition) is 4. The van der Waals surface area contributed by atoms with E-state index >= 15 is 0 Å². The zero-order valence-corrected chi connectivity index (χ0v) is 10.7. The van der Waals surface area contributed by atoms with E-state index in [2.05, 4.69) is 21.2 Å². The third-order valence-corrected chi connectivity index (χ3v) is 2.75. The van der Waals surface area contributed by atoms with Gasteiger partial charge in [0.2, 0.25) is 0 Å². The zero-order valence-electron chi connectivity index (χ0n) is 9.11. The van der Waals surface area contributed by atoms with Gasteiger partial charge in [0.25, 0.3) is 0 Å². The lowest BCUT2D eigenvalue weighted by molar-refractivity contribution is 0.224. The SMILES string of the molecule is COc1ccc(Br)cc1[C@@H](CO)NCCO. The van der Waals surface area contributed by atoms with Crippen LogP contribution in [-0.2, 0) is 0 Å². The summed E-state index contributed by atoms with van der Waals surface area (Å²) in [6.45, 7) is 0.417. The van der Waals surface area contributed by atoms with Crippen LogP contribution in [0.3, 0.4) is 0 Å². The van der Waals surface area contributed by atoms with Crippen LogP contribution in [0.2, 0.25) is 0 Å². The molecule has 0 aromatic heterocycles. The third kappa shape index (κ3) is 3.45. The first kappa shape index (κ1) is 13.4. The van der Waals surface area contributed by atoms with E-state index in [1.165, 1.54) is 0 Å². The fourth-order valence-corrected chi connectivity index (χ4v) is 1.87. The Balaban J connectivity index is 2.92. The fraction of sp³-hybridized carbons (Fsp3) is 0.455. The molecular formula is C11H16BrNO3. The summed E-state index contributed by atoms with van der Waals surface area (Å²) in [5.41, 5.74) is 0.868. The second-order valence-corrected chi connectivity index (χ2v) is 4.21. The van der Waals surface area contributed by atoms with Gasteiger partial charge < -0.3 is 20.3 Å². The van der Waals surface area contributed by atoms with Crippen molar-refractivity contribution < 1.29 is 14.9 Å². The molecule has 90 valence electrons. The maximum Gasteiger partial charge on any atom is 0.123 e. The number of nitrogens with one attached hydrogen (secondary N) is 1. The van der Waals surface area contributed by atoms with Crippen molar-refractivity contribution in [3.63, 3.8) is 0 Å². The average Bonchev–Trinajstić information content (AvgIpc) is 2.30. The van der Waals surface area contributed by atoms with Crippen LogP contribution < -0.4 is 10.1 Å². The normalized spacial score (nSPS) is 12.5. The summed E-state index contributed by atoms with van der Waals surface area (Å²) in [4.78, 5) is 0. The van der Waals surface area contributed by atoms with Gasteiger partial charge in [0, 0.05) is 16.6 Å². The van der Waals surface area contributed by atoms with Crippen LogP contribution >= 0.6 is 15.9 Å². The van der Waals surface area contributed by atoms with Crippen LogP contribution in [-0.4, -0.2) is 37.1 Å². The second kappa shape index (κ2) is 6.85. The fourth-order valence-electron chi connectivity index (χ4n) is 1.49. The summed E-state index contributed by atoms with van der Waals surface area (Å²) in [6, 6.07) is 5.37. The van der Waals surface area contributed by atoms with E-state index in [4.69, 9.17) is 9.84 Å². The molecule has 1 aromatic carbocycles. The highest BCUT2D eigenvalue weighted by molar-refractivity contribution is 9.10. The number of aliphatic hydroxyl groups is 2. The summed E-state index contributed by atoms with van der Waals surface area (Å²) in [6.07, 6.45) is 0. The lowest BCUT2D eigenvalue weighted by Crippen LogP contribution is -2.27. The topological polar surface area (TPSA) is 61.7 Å². The largest absolute Gasteiger partial charge is 0.496 e. The Kier molecular flexibility index (Phi) is 5.76. The minimum Gasteiger partial charge on any atom is -0.496 e. The zero-order chi connectivity index (χ0) is 12.0. The molecule has 0 amide bonds. The molecule has 0 saturated heterocycles. The summed E-state index contributed by atoms with van der Waals surface area (Å²) in [7, 11) is 1.59. The lowest BCUT2D eigenvalue weighted by Gasteiger charge is -2.19. The highest BCUT2D eigenvalue weighted by atomic mass is 79.9. The summed E-state index contributed by atoms with van der Waals surface area (Å²) in [5, 5.41) is 21.1. The van der Waals surface area contributed by atoms with Gasteiger partial charge in [-0.1, -0.05) is 15.9 Å². The highest BCUT2D eigenvalue weighted by Crippen LogP contribution is 2.28. The molecular weight excluding hydrogens is 274 g/mol. The monoisotopic (exact) mass is 289 g/mol. The van der Waals surface area contributed by atoms with Gasteiger partial charge in [0.1, 0.15) is 5.75 Å². The Bertz CT molecular complexity index is 333. The quantitative estimate of drug-likeness (QED) is 0.733. The number of rotatable bonds is 6. The van der Waals surface area contributed by atoms with E-state index in [9.17, 15) is 5.11 Å². The Morgan fingerprint density at radius 3 is 2.75 bits per heavy atom. The number of ether oxygens (including phenoxy) is 1. The van der Waals surface area contributed by atoms with Crippen LogP contribution in [0, 0.1) is 0 Å². The van der Waals surface area contributed by atoms with Crippen molar-refractivity contribution in [3.8, 4) is 5.75 Å². The summed E-state index contributed by atoms with van der Waals surface area (Å²) >= 11 is 3.38. The van der Waals surface area contributed by atoms with Gasteiger partial charge in [-0.2, -0.15) is 0 Å². The molecule has 0 aliphatic rings. The smallest absolute Gasteiger partial charge is 0.123 e. The average molecular weight is 290 g/mol. The van der Waals surface area contributed by atoms with Gasteiger partial charge in [0.05, 0.1) is 26.4 Å². The van der Waals surface area contributed by atoms with Crippen molar-refractivity contribution in [3.05, 3.63) is 28.2 Å². The third-order valence-electron chi connectivity index (χ3n) is 2.25. The van der Waals surface area contributed by atoms with Crippen LogP contribution in [0.5, 0.6) is 5.75 Å². The van der Waals surface area contributed by atoms with Crippen molar-refractivity contribution in [1.29, 1.82) is 0 Å². The maximum atomic E-state index is 9.30. The second-order valence-electron chi connectivity index (χ2n) is 3.30. The number of aliphatic hydroxyl groups excluding tert-OH is 2. The molecule has 0 unspecified atom stereocenters. The van der Waals surface area contributed by atoms with Gasteiger partial charge in [-0.15, -0.1) is 0 Å². The number of halogens is 1. The summed E-state index contributed by atoms with van der Waals surface area (Å²) in [5.74, 6) is 0.715. The van der Waals surface area contributed by atoms with Gasteiger partial charge in [-0.05, 0) is 18.2 Å². The first-order valence-corrected chi connectivity index (χ1v) is 5.80. The minimum absolute atomic E-state index is 0.0345. The number of hydrogen-bond donors (Lipinski definition) is 3. The maximum absolute atomic E-state index is 9.30. The van der Waals surface area contributed by atoms with Crippen LogP contribution in [0.1, 0.15) is 11.6 Å². The van der Waals surface area contributed by atoms with E-state index in [0.717, 1.165) is 10.0 Å². The Morgan fingerprint density at radius 2 is 2.19 bits per heavy atom. The van der Waals surface area contributed by atoms with E-state index in [0.29, 0.717) is 12.3 Å². The molecule has 0 fully saturated rings. The lowest BCUT2D eigenvalue weighted by atomic mass is 10.1. The highest BCUT2D eigenvalue weighted by Gasteiger charge is 2.14. The van der Waals surface area contributed by atoms with Crippen molar-refractivity contribution in [2.24, 2.45) is 0 Å². The summed E-state index contributed by atoms with van der Waals surface area (Å²) < 4.78 is 6.15. The van der Waals surface area contributed by atoms with E-state index < -0.39 is 0 Å². The Labute approximate surface area is 103 Å². The minimum atomic E-state index is -0.236. The molecule has 4 nitrogen and oxygen atoms in total.